The Morgan fingerprint density at radius 1 is 1.11 bits per heavy atom. The summed E-state index contributed by atoms with van der Waals surface area (Å²) in [5, 5.41) is 13.6. The van der Waals surface area contributed by atoms with Gasteiger partial charge in [0.05, 0.1) is 11.0 Å². The number of piperidine rings is 1. The molecule has 0 bridgehead atoms. The van der Waals surface area contributed by atoms with Gasteiger partial charge in [-0.3, -0.25) is 4.79 Å². The Hall–Kier alpha value is -2.17. The summed E-state index contributed by atoms with van der Waals surface area (Å²) in [7, 11) is 0. The molecule has 0 radical (unpaired) electrons. The van der Waals surface area contributed by atoms with Crippen molar-refractivity contribution in [1.29, 1.82) is 0 Å². The van der Waals surface area contributed by atoms with E-state index in [1.54, 1.807) is 13.8 Å². The first-order valence-corrected chi connectivity index (χ1v) is 10.1. The third-order valence-electron chi connectivity index (χ3n) is 6.15. The molecule has 0 aromatic heterocycles. The molecule has 4 heteroatoms. The first-order chi connectivity index (χ1) is 13.2. The van der Waals surface area contributed by atoms with Gasteiger partial charge in [-0.15, -0.1) is 0 Å². The predicted molar refractivity (Wildman–Crippen MR) is 113 cm³/mol. The van der Waals surface area contributed by atoms with Crippen LogP contribution in [0.25, 0.3) is 0 Å². The zero-order chi connectivity index (χ0) is 20.4. The number of primary amides is 1. The van der Waals surface area contributed by atoms with Crippen LogP contribution in [0, 0.1) is 5.92 Å². The van der Waals surface area contributed by atoms with Crippen LogP contribution < -0.4 is 11.1 Å². The van der Waals surface area contributed by atoms with E-state index in [-0.39, 0.29) is 17.7 Å². The minimum atomic E-state index is -0.762. The zero-order valence-electron chi connectivity index (χ0n) is 17.1. The number of hydrogen-bond acceptors (Lipinski definition) is 3. The molecule has 0 spiro atoms. The summed E-state index contributed by atoms with van der Waals surface area (Å²) in [5.41, 5.74) is 7.74. The Balaban J connectivity index is 1.97. The molecule has 0 aliphatic carbocycles. The number of carbonyl (C=O) groups excluding carboxylic acids is 1. The lowest BCUT2D eigenvalue weighted by Crippen LogP contribution is -2.51. The van der Waals surface area contributed by atoms with Crippen LogP contribution in [0.5, 0.6) is 0 Å². The largest absolute Gasteiger partial charge is 0.390 e. The Kier molecular flexibility index (Phi) is 5.92. The van der Waals surface area contributed by atoms with E-state index in [0.29, 0.717) is 6.42 Å². The van der Waals surface area contributed by atoms with Crippen LogP contribution >= 0.6 is 0 Å². The fourth-order valence-corrected chi connectivity index (χ4v) is 4.61. The van der Waals surface area contributed by atoms with Crippen molar-refractivity contribution < 1.29 is 9.90 Å². The summed E-state index contributed by atoms with van der Waals surface area (Å²) in [6, 6.07) is 18.4. The van der Waals surface area contributed by atoms with E-state index in [0.717, 1.165) is 30.6 Å². The molecule has 2 aromatic carbocycles. The molecule has 28 heavy (non-hydrogen) atoms. The standard InChI is InChI=1S/C24H32N2O2/c1-23(2,28)15-17-9-11-19(12-10-17)24(3,22(25)27)21-13-14-26-16-20(21)18-7-5-4-6-8-18/h4-12,20-21,26,28H,13-16H2,1-3H3,(H2,25,27). The van der Waals surface area contributed by atoms with Crippen molar-refractivity contribution in [3.05, 3.63) is 71.3 Å². The zero-order valence-corrected chi connectivity index (χ0v) is 17.1. The van der Waals surface area contributed by atoms with Crippen molar-refractivity contribution in [2.45, 2.75) is 50.5 Å². The van der Waals surface area contributed by atoms with Gasteiger partial charge in [0.25, 0.3) is 0 Å². The molecule has 1 aliphatic heterocycles. The quantitative estimate of drug-likeness (QED) is 0.721. The Morgan fingerprint density at radius 3 is 2.32 bits per heavy atom. The Bertz CT molecular complexity index is 796. The van der Waals surface area contributed by atoms with E-state index < -0.39 is 11.0 Å². The number of amides is 1. The molecule has 1 aliphatic rings. The van der Waals surface area contributed by atoms with Gasteiger partial charge in [-0.1, -0.05) is 54.6 Å². The number of benzene rings is 2. The highest BCUT2D eigenvalue weighted by Crippen LogP contribution is 2.44. The van der Waals surface area contributed by atoms with Crippen molar-refractivity contribution in [1.82, 2.24) is 5.32 Å². The van der Waals surface area contributed by atoms with Crippen LogP contribution in [-0.2, 0) is 16.6 Å². The van der Waals surface area contributed by atoms with Gasteiger partial charge in [-0.05, 0) is 56.3 Å². The van der Waals surface area contributed by atoms with Gasteiger partial charge in [0.15, 0.2) is 0 Å². The van der Waals surface area contributed by atoms with Crippen LogP contribution in [0.1, 0.15) is 49.8 Å². The van der Waals surface area contributed by atoms with E-state index >= 15 is 0 Å². The van der Waals surface area contributed by atoms with Gasteiger partial charge >= 0.3 is 0 Å². The van der Waals surface area contributed by atoms with E-state index in [1.807, 2.05) is 49.4 Å². The highest BCUT2D eigenvalue weighted by Gasteiger charge is 2.46. The van der Waals surface area contributed by atoms with Gasteiger partial charge in [0.2, 0.25) is 5.91 Å². The van der Waals surface area contributed by atoms with E-state index in [4.69, 9.17) is 5.73 Å². The summed E-state index contributed by atoms with van der Waals surface area (Å²) < 4.78 is 0. The molecule has 1 fully saturated rings. The number of aliphatic hydroxyl groups is 1. The molecule has 4 N–H and O–H groups in total. The summed E-state index contributed by atoms with van der Waals surface area (Å²) in [6.07, 6.45) is 1.46. The third-order valence-corrected chi connectivity index (χ3v) is 6.15. The van der Waals surface area contributed by atoms with E-state index in [1.165, 1.54) is 5.56 Å². The molecule has 1 amide bonds. The number of nitrogens with one attached hydrogen (secondary N) is 1. The lowest BCUT2D eigenvalue weighted by molar-refractivity contribution is -0.125. The van der Waals surface area contributed by atoms with Gasteiger partial charge in [-0.25, -0.2) is 0 Å². The van der Waals surface area contributed by atoms with Gasteiger partial charge in [0.1, 0.15) is 0 Å². The van der Waals surface area contributed by atoms with Gasteiger partial charge in [-0.2, -0.15) is 0 Å². The lowest BCUT2D eigenvalue weighted by Gasteiger charge is -2.43. The van der Waals surface area contributed by atoms with Crippen molar-refractivity contribution in [2.75, 3.05) is 13.1 Å². The molecule has 3 unspecified atom stereocenters. The lowest BCUT2D eigenvalue weighted by atomic mass is 9.62. The van der Waals surface area contributed by atoms with E-state index in [9.17, 15) is 9.90 Å². The van der Waals surface area contributed by atoms with Crippen LogP contribution in [0.15, 0.2) is 54.6 Å². The number of nitrogens with two attached hydrogens (primary N) is 1. The molecule has 0 saturated carbocycles. The monoisotopic (exact) mass is 380 g/mol. The second-order valence-electron chi connectivity index (χ2n) is 8.87. The highest BCUT2D eigenvalue weighted by atomic mass is 16.3. The molecule has 1 heterocycles. The average molecular weight is 381 g/mol. The fraction of sp³-hybridized carbons (Fsp3) is 0.458. The van der Waals surface area contributed by atoms with Gasteiger partial charge in [0, 0.05) is 18.9 Å². The second kappa shape index (κ2) is 8.06. The number of rotatable bonds is 6. The molecule has 2 aromatic rings. The fourth-order valence-electron chi connectivity index (χ4n) is 4.61. The maximum Gasteiger partial charge on any atom is 0.228 e. The molecular formula is C24H32N2O2. The second-order valence-corrected chi connectivity index (χ2v) is 8.87. The first-order valence-electron chi connectivity index (χ1n) is 10.1. The van der Waals surface area contributed by atoms with Crippen molar-refractivity contribution >= 4 is 5.91 Å². The minimum absolute atomic E-state index is 0.119. The molecule has 3 atom stereocenters. The molecule has 1 saturated heterocycles. The maximum absolute atomic E-state index is 12.8. The molecule has 150 valence electrons. The first kappa shape index (κ1) is 20.6. The summed E-state index contributed by atoms with van der Waals surface area (Å²) >= 11 is 0. The normalized spacial score (nSPS) is 22.4. The molecular weight excluding hydrogens is 348 g/mol. The summed E-state index contributed by atoms with van der Waals surface area (Å²) in [5.74, 6) is 0.0628. The van der Waals surface area contributed by atoms with Crippen LogP contribution in [0.2, 0.25) is 0 Å². The average Bonchev–Trinajstić information content (AvgIpc) is 2.67. The van der Waals surface area contributed by atoms with Gasteiger partial charge < -0.3 is 16.2 Å². The molecule has 4 nitrogen and oxygen atoms in total. The SMILES string of the molecule is CC(C)(O)Cc1ccc(C(C)(C(N)=O)C2CCNCC2c2ccccc2)cc1. The topological polar surface area (TPSA) is 75.3 Å². The maximum atomic E-state index is 12.8. The third kappa shape index (κ3) is 4.29. The Morgan fingerprint density at radius 2 is 1.75 bits per heavy atom. The number of hydrogen-bond donors (Lipinski definition) is 3. The minimum Gasteiger partial charge on any atom is -0.390 e. The summed E-state index contributed by atoms with van der Waals surface area (Å²) in [6.45, 7) is 7.32. The smallest absolute Gasteiger partial charge is 0.228 e. The van der Waals surface area contributed by atoms with Crippen LogP contribution in [0.4, 0.5) is 0 Å². The van der Waals surface area contributed by atoms with Crippen molar-refractivity contribution in [3.63, 3.8) is 0 Å². The van der Waals surface area contributed by atoms with E-state index in [2.05, 4.69) is 17.4 Å². The molecule has 3 rings (SSSR count). The van der Waals surface area contributed by atoms with Crippen molar-refractivity contribution in [3.8, 4) is 0 Å². The Labute approximate surface area is 168 Å². The van der Waals surface area contributed by atoms with Crippen LogP contribution in [0.3, 0.4) is 0 Å². The predicted octanol–water partition coefficient (Wildman–Crippen LogP) is 3.14. The van der Waals surface area contributed by atoms with Crippen LogP contribution in [-0.4, -0.2) is 29.7 Å². The number of carbonyl (C=O) groups is 1. The highest BCUT2D eigenvalue weighted by molar-refractivity contribution is 5.87. The van der Waals surface area contributed by atoms with Crippen molar-refractivity contribution in [2.24, 2.45) is 11.7 Å². The summed E-state index contributed by atoms with van der Waals surface area (Å²) in [4.78, 5) is 12.8.